The first-order chi connectivity index (χ1) is 33.3. The number of hydrogen-bond acceptors (Lipinski definition) is 15. The molecule has 6 N–H and O–H groups in total. The summed E-state index contributed by atoms with van der Waals surface area (Å²) in [6, 6.07) is 6.70. The molecule has 8 fully saturated rings. The third-order valence-corrected chi connectivity index (χ3v) is 17.3. The lowest BCUT2D eigenvalue weighted by Crippen LogP contribution is -2.65. The number of fused-ring (bicyclic) bond motifs is 10. The lowest BCUT2D eigenvalue weighted by atomic mass is 9.46. The molecule has 9 aliphatic rings. The van der Waals surface area contributed by atoms with Crippen molar-refractivity contribution in [2.75, 3.05) is 26.3 Å². The van der Waals surface area contributed by atoms with Crippen molar-refractivity contribution in [3.63, 3.8) is 0 Å². The van der Waals surface area contributed by atoms with Crippen molar-refractivity contribution in [1.29, 1.82) is 0 Å². The van der Waals surface area contributed by atoms with Crippen molar-refractivity contribution in [2.45, 2.75) is 151 Å². The molecule has 4 saturated carbocycles. The van der Waals surface area contributed by atoms with Crippen LogP contribution in [0, 0.1) is 28.6 Å². The second-order valence-electron chi connectivity index (χ2n) is 21.4. The molecule has 0 spiro atoms. The Morgan fingerprint density at radius 2 is 1.70 bits per heavy atom. The average Bonchev–Trinajstić information content (AvgIpc) is 3.95. The van der Waals surface area contributed by atoms with Crippen LogP contribution in [0.5, 0.6) is 0 Å². The minimum Gasteiger partial charge on any atom is -0.481 e. The summed E-state index contributed by atoms with van der Waals surface area (Å²) in [4.78, 5) is 105. The van der Waals surface area contributed by atoms with Crippen LogP contribution in [0.2, 0.25) is 0 Å². The molecular weight excluding hydrogens is 909 g/mol. The van der Waals surface area contributed by atoms with E-state index in [9.17, 15) is 53.7 Å². The molecule has 4 amide bonds. The number of carboxylic acids is 1. The lowest BCUT2D eigenvalue weighted by molar-refractivity contribution is -0.201. The fourth-order valence-corrected chi connectivity index (χ4v) is 13.6. The monoisotopic (exact) mass is 972 g/mol. The van der Waals surface area contributed by atoms with E-state index in [0.717, 1.165) is 29.5 Å². The number of carbonyl (C=O) groups excluding carboxylic acids is 7. The molecule has 10 rings (SSSR count). The third kappa shape index (κ3) is 8.95. The van der Waals surface area contributed by atoms with Crippen molar-refractivity contribution in [2.24, 2.45) is 28.6 Å². The highest BCUT2D eigenvalue weighted by Gasteiger charge is 2.76. The number of ether oxygens (including phenoxy) is 3. The van der Waals surface area contributed by atoms with Crippen molar-refractivity contribution in [3.8, 4) is 0 Å². The summed E-state index contributed by atoms with van der Waals surface area (Å²) in [6.45, 7) is 3.62. The Morgan fingerprint density at radius 1 is 0.971 bits per heavy atom. The number of aliphatic hydroxyl groups excluding tert-OH is 2. The number of allylic oxidation sites excluding steroid dienone is 4. The number of carboxylic acid groups (broad SMARTS) is 1. The zero-order valence-corrected chi connectivity index (χ0v) is 39.7. The molecule has 1 aromatic carbocycles. The number of ketones is 2. The van der Waals surface area contributed by atoms with E-state index < -0.39 is 100 Å². The van der Waals surface area contributed by atoms with Gasteiger partial charge in [-0.05, 0) is 100 Å². The fraction of sp³-hybridized carbons (Fsp3) is 0.647. The number of aliphatic hydroxyl groups is 2. The zero-order chi connectivity index (χ0) is 49.8. The first-order valence-electron chi connectivity index (χ1n) is 24.8. The molecule has 0 radical (unpaired) electrons. The average molecular weight is 973 g/mol. The van der Waals surface area contributed by atoms with Gasteiger partial charge in [0.25, 0.3) is 11.8 Å². The van der Waals surface area contributed by atoms with E-state index in [1.54, 1.807) is 12.2 Å². The van der Waals surface area contributed by atoms with E-state index in [0.29, 0.717) is 43.6 Å². The van der Waals surface area contributed by atoms with Gasteiger partial charge in [0.1, 0.15) is 12.6 Å². The Kier molecular flexibility index (Phi) is 13.6. The van der Waals surface area contributed by atoms with Gasteiger partial charge in [-0.2, -0.15) is 0 Å². The summed E-state index contributed by atoms with van der Waals surface area (Å²) in [5.41, 5.74) is -1.16. The maximum absolute atomic E-state index is 14.0. The highest BCUT2D eigenvalue weighted by atomic mass is 16.7. The van der Waals surface area contributed by atoms with Crippen LogP contribution >= 0.6 is 0 Å². The number of rotatable bonds is 18. The summed E-state index contributed by atoms with van der Waals surface area (Å²) in [7, 11) is 0. The van der Waals surface area contributed by atoms with Crippen molar-refractivity contribution in [3.05, 3.63) is 59.2 Å². The molecule has 4 saturated heterocycles. The van der Waals surface area contributed by atoms with Gasteiger partial charge in [-0.25, -0.2) is 4.79 Å². The topological polar surface area (TPSA) is 273 Å². The van der Waals surface area contributed by atoms with Crippen molar-refractivity contribution >= 4 is 47.1 Å². The Balaban J connectivity index is 0.773. The van der Waals surface area contributed by atoms with E-state index in [1.165, 1.54) is 0 Å². The molecule has 70 heavy (non-hydrogen) atoms. The normalized spacial score (nSPS) is 36.4. The number of imide groups is 1. The van der Waals surface area contributed by atoms with E-state index in [1.807, 2.05) is 37.3 Å². The second-order valence-corrected chi connectivity index (χ2v) is 21.4. The largest absolute Gasteiger partial charge is 0.481 e. The minimum atomic E-state index is -1.46. The molecule has 378 valence electrons. The summed E-state index contributed by atoms with van der Waals surface area (Å²) in [6.07, 6.45) is 8.02. The van der Waals surface area contributed by atoms with Crippen LogP contribution in [-0.4, -0.2) is 129 Å². The Morgan fingerprint density at radius 3 is 2.37 bits per heavy atom. The first kappa shape index (κ1) is 49.8. The van der Waals surface area contributed by atoms with Crippen LogP contribution < -0.4 is 16.0 Å². The number of nitrogens with zero attached hydrogens (tertiary/aromatic N) is 1. The summed E-state index contributed by atoms with van der Waals surface area (Å²) < 4.78 is 20.0. The molecule has 0 unspecified atom stereocenters. The molecule has 2 bridgehead atoms. The van der Waals surface area contributed by atoms with Gasteiger partial charge in [-0.1, -0.05) is 49.8 Å². The standard InChI is InChI=1S/C51H64N4O15/c1-47-16-15-32(57)22-31(47)9-10-33-34-23-38-51(37(59)27-56,48(34,2)25-36(58)44(33)47)69-46(68-38)30-7-5-29(6-8-30)24-50-19-17-49(18-20-50,28-67-50)54-45(66)35(11-14-42(63)64)53-39(60)26-52-21-3-4-43(65)70-55-40(61)12-13-41(55)62/h5-8,15-16,22,33-36,38,44,46,52,56,58H,3-4,9-14,17-21,23-28H2,1-2H3,(H,53,60)(H,54,66)(H,63,64)/t33-,34-,35-,36-,38+,44+,46+,47-,48-,49?,50?,51+/m0/s1. The van der Waals surface area contributed by atoms with Crippen LogP contribution in [0.1, 0.15) is 121 Å². The number of aliphatic carboxylic acids is 1. The van der Waals surface area contributed by atoms with E-state index in [2.05, 4.69) is 22.9 Å². The number of nitrogens with one attached hydrogen (secondary N) is 3. The Labute approximate surface area is 405 Å². The van der Waals surface area contributed by atoms with Gasteiger partial charge in [0.15, 0.2) is 23.5 Å². The third-order valence-electron chi connectivity index (χ3n) is 17.3. The molecule has 1 aromatic rings. The van der Waals surface area contributed by atoms with E-state index in [4.69, 9.17) is 19.0 Å². The zero-order valence-electron chi connectivity index (χ0n) is 39.7. The van der Waals surface area contributed by atoms with Gasteiger partial charge in [0.2, 0.25) is 11.8 Å². The van der Waals surface area contributed by atoms with Gasteiger partial charge < -0.3 is 50.3 Å². The molecule has 19 heteroatoms. The van der Waals surface area contributed by atoms with Gasteiger partial charge in [0.05, 0.1) is 36.5 Å². The fourth-order valence-electron chi connectivity index (χ4n) is 13.6. The van der Waals surface area contributed by atoms with Gasteiger partial charge in [-0.3, -0.25) is 33.6 Å². The lowest BCUT2D eigenvalue weighted by Gasteiger charge is -2.59. The summed E-state index contributed by atoms with van der Waals surface area (Å²) >= 11 is 0. The maximum atomic E-state index is 14.0. The van der Waals surface area contributed by atoms with Crippen LogP contribution in [0.25, 0.3) is 0 Å². The van der Waals surface area contributed by atoms with Gasteiger partial charge >= 0.3 is 11.9 Å². The molecule has 4 aliphatic heterocycles. The van der Waals surface area contributed by atoms with Crippen molar-refractivity contribution < 1.29 is 72.7 Å². The molecular formula is C51H64N4O15. The van der Waals surface area contributed by atoms with E-state index in [-0.39, 0.29) is 88.2 Å². The Hall–Kier alpha value is -5.18. The van der Waals surface area contributed by atoms with Crippen LogP contribution in [0.3, 0.4) is 0 Å². The second kappa shape index (κ2) is 19.1. The van der Waals surface area contributed by atoms with Crippen LogP contribution in [-0.2, 0) is 63.8 Å². The molecule has 5 aliphatic carbocycles. The van der Waals surface area contributed by atoms with Gasteiger partial charge in [-0.15, -0.1) is 5.06 Å². The quantitative estimate of drug-likeness (QED) is 0.0910. The number of hydroxylamine groups is 2. The highest BCUT2D eigenvalue weighted by molar-refractivity contribution is 6.02. The smallest absolute Gasteiger partial charge is 0.333 e. The number of Topliss-reactive ketones (excluding diaryl/α,β-unsaturated/α-hetero) is 1. The Bertz CT molecular complexity index is 2340. The SMILES string of the molecule is C[C@]12C=CC(=O)C=C1CC[C@@H]1[C@@H]2[C@@H](O)C[C@@]2(C)[C@H]1C[C@H]1O[C@@H](c3ccc(CC45CCC(NC(=O)[C@H](CCC(=O)O)NC(=O)CNCCCC(=O)ON6C(=O)CCC6=O)(CC4)CO5)cc3)O[C@]12C(=O)CO. The first-order valence-corrected chi connectivity index (χ1v) is 24.8. The molecule has 0 aromatic heterocycles. The minimum absolute atomic E-state index is 0.0142. The van der Waals surface area contributed by atoms with E-state index >= 15 is 0 Å². The van der Waals surface area contributed by atoms with Crippen molar-refractivity contribution in [1.82, 2.24) is 21.0 Å². The summed E-state index contributed by atoms with van der Waals surface area (Å²) in [5, 5.41) is 40.8. The summed E-state index contributed by atoms with van der Waals surface area (Å²) in [5.74, 6) is -4.69. The number of carbonyl (C=O) groups is 8. The predicted octanol–water partition coefficient (Wildman–Crippen LogP) is 2.36. The number of hydrogen-bond donors (Lipinski definition) is 6. The highest BCUT2D eigenvalue weighted by Crippen LogP contribution is 2.70. The van der Waals surface area contributed by atoms with Crippen LogP contribution in [0.15, 0.2) is 48.1 Å². The number of amides is 4. The maximum Gasteiger partial charge on any atom is 0.333 e. The molecule has 10 atom stereocenters. The molecule has 4 heterocycles. The van der Waals surface area contributed by atoms with Crippen LogP contribution in [0.4, 0.5) is 0 Å². The molecule has 19 nitrogen and oxygen atoms in total. The van der Waals surface area contributed by atoms with Gasteiger partial charge in [0, 0.05) is 54.4 Å². The number of benzene rings is 1. The predicted molar refractivity (Wildman–Crippen MR) is 243 cm³/mol.